The van der Waals surface area contributed by atoms with Gasteiger partial charge in [0, 0.05) is 24.0 Å². The summed E-state index contributed by atoms with van der Waals surface area (Å²) in [5, 5.41) is 3.51. The SMILES string of the molecule is O=C(NC1CCCC1)C(Cc1ccccc1)N(Cc1ccc(F)cc1)C(=O)CN(c1ccccc1)S(=O)(=O)c1ccc(Cl)cc1. The van der Waals surface area contributed by atoms with Crippen LogP contribution in [0.2, 0.25) is 5.02 Å². The number of amides is 2. The Labute approximate surface area is 268 Å². The Balaban J connectivity index is 1.54. The Kier molecular flexibility index (Phi) is 10.5. The molecule has 0 bridgehead atoms. The Morgan fingerprint density at radius 1 is 0.822 bits per heavy atom. The lowest BCUT2D eigenvalue weighted by atomic mass is 10.0. The minimum absolute atomic E-state index is 0.00430. The predicted octanol–water partition coefficient (Wildman–Crippen LogP) is 6.37. The van der Waals surface area contributed by atoms with Gasteiger partial charge in [-0.1, -0.05) is 85.1 Å². The van der Waals surface area contributed by atoms with Crippen LogP contribution in [0.5, 0.6) is 0 Å². The third-order valence-corrected chi connectivity index (χ3v) is 10.0. The number of sulfonamides is 1. The van der Waals surface area contributed by atoms with E-state index in [9.17, 15) is 22.4 Å². The third kappa shape index (κ3) is 8.29. The van der Waals surface area contributed by atoms with E-state index in [0.717, 1.165) is 35.6 Å². The maximum absolute atomic E-state index is 14.4. The van der Waals surface area contributed by atoms with E-state index in [1.54, 1.807) is 42.5 Å². The topological polar surface area (TPSA) is 86.8 Å². The van der Waals surface area contributed by atoms with Crippen molar-refractivity contribution in [3.8, 4) is 0 Å². The number of hydrogen-bond acceptors (Lipinski definition) is 4. The van der Waals surface area contributed by atoms with Gasteiger partial charge in [0.15, 0.2) is 0 Å². The number of benzene rings is 4. The second-order valence-corrected chi connectivity index (χ2v) is 13.4. The van der Waals surface area contributed by atoms with Crippen molar-refractivity contribution in [3.63, 3.8) is 0 Å². The van der Waals surface area contributed by atoms with Crippen molar-refractivity contribution in [1.82, 2.24) is 10.2 Å². The van der Waals surface area contributed by atoms with Gasteiger partial charge in [0.1, 0.15) is 18.4 Å². The first kappa shape index (κ1) is 32.2. The number of hydrogen-bond donors (Lipinski definition) is 1. The molecule has 1 atom stereocenters. The molecule has 0 aliphatic heterocycles. The fraction of sp³-hybridized carbons (Fsp3) is 0.257. The monoisotopic (exact) mass is 647 g/mol. The van der Waals surface area contributed by atoms with Crippen molar-refractivity contribution in [1.29, 1.82) is 0 Å². The molecule has 45 heavy (non-hydrogen) atoms. The van der Waals surface area contributed by atoms with Crippen LogP contribution in [0.3, 0.4) is 0 Å². The van der Waals surface area contributed by atoms with Gasteiger partial charge in [0.2, 0.25) is 11.8 Å². The van der Waals surface area contributed by atoms with E-state index >= 15 is 0 Å². The van der Waals surface area contributed by atoms with Gasteiger partial charge in [-0.2, -0.15) is 0 Å². The molecule has 1 saturated carbocycles. The molecule has 10 heteroatoms. The smallest absolute Gasteiger partial charge is 0.264 e. The van der Waals surface area contributed by atoms with E-state index in [2.05, 4.69) is 5.32 Å². The molecular weight excluding hydrogens is 613 g/mol. The number of para-hydroxylation sites is 1. The van der Waals surface area contributed by atoms with Gasteiger partial charge < -0.3 is 10.2 Å². The summed E-state index contributed by atoms with van der Waals surface area (Å²) in [6.07, 6.45) is 3.96. The molecule has 0 heterocycles. The van der Waals surface area contributed by atoms with Gasteiger partial charge in [0.25, 0.3) is 10.0 Å². The zero-order chi connectivity index (χ0) is 31.8. The van der Waals surface area contributed by atoms with Gasteiger partial charge >= 0.3 is 0 Å². The molecule has 0 radical (unpaired) electrons. The van der Waals surface area contributed by atoms with E-state index in [1.165, 1.54) is 41.3 Å². The standard InChI is InChI=1S/C35H35ClFN3O4S/c36-28-17-21-32(22-18-28)45(43,44)40(31-13-5-2-6-14-31)25-34(41)39(24-27-15-19-29(37)20-16-27)33(23-26-9-3-1-4-10-26)35(42)38-30-11-7-8-12-30/h1-6,9-10,13-22,30,33H,7-8,11-12,23-25H2,(H,38,42). The van der Waals surface area contributed by atoms with Crippen LogP contribution in [-0.2, 0) is 32.6 Å². The Morgan fingerprint density at radius 2 is 1.42 bits per heavy atom. The van der Waals surface area contributed by atoms with E-state index in [-0.39, 0.29) is 35.5 Å². The second kappa shape index (κ2) is 14.7. The summed E-state index contributed by atoms with van der Waals surface area (Å²) in [5.41, 5.74) is 1.73. The van der Waals surface area contributed by atoms with Gasteiger partial charge in [-0.05, 0) is 72.5 Å². The normalized spacial score (nSPS) is 14.1. The molecule has 1 N–H and O–H groups in total. The van der Waals surface area contributed by atoms with Crippen molar-refractivity contribution >= 4 is 39.1 Å². The molecule has 0 aromatic heterocycles. The molecule has 7 nitrogen and oxygen atoms in total. The van der Waals surface area contributed by atoms with Crippen LogP contribution in [-0.4, -0.2) is 43.8 Å². The van der Waals surface area contributed by atoms with Crippen LogP contribution >= 0.6 is 11.6 Å². The lowest BCUT2D eigenvalue weighted by molar-refractivity contribution is -0.140. The number of anilines is 1. The molecule has 0 spiro atoms. The summed E-state index contributed by atoms with van der Waals surface area (Å²) >= 11 is 6.03. The Morgan fingerprint density at radius 3 is 2.04 bits per heavy atom. The molecule has 1 aliphatic rings. The zero-order valence-corrected chi connectivity index (χ0v) is 26.3. The highest BCUT2D eigenvalue weighted by Gasteiger charge is 2.35. The van der Waals surface area contributed by atoms with E-state index < -0.39 is 34.3 Å². The summed E-state index contributed by atoms with van der Waals surface area (Å²) in [4.78, 5) is 29.8. The molecule has 4 aromatic carbocycles. The van der Waals surface area contributed by atoms with Gasteiger partial charge in [-0.25, -0.2) is 12.8 Å². The fourth-order valence-electron chi connectivity index (χ4n) is 5.56. The average Bonchev–Trinajstić information content (AvgIpc) is 3.56. The Hall–Kier alpha value is -4.21. The first-order valence-electron chi connectivity index (χ1n) is 14.9. The third-order valence-electron chi connectivity index (χ3n) is 7.96. The number of halogens is 2. The highest BCUT2D eigenvalue weighted by Crippen LogP contribution is 2.26. The first-order chi connectivity index (χ1) is 21.7. The molecule has 1 aliphatic carbocycles. The molecule has 1 unspecified atom stereocenters. The minimum Gasteiger partial charge on any atom is -0.352 e. The largest absolute Gasteiger partial charge is 0.352 e. The highest BCUT2D eigenvalue weighted by atomic mass is 35.5. The summed E-state index contributed by atoms with van der Waals surface area (Å²) < 4.78 is 42.9. The minimum atomic E-state index is -4.22. The predicted molar refractivity (Wildman–Crippen MR) is 174 cm³/mol. The van der Waals surface area contributed by atoms with Crippen LogP contribution < -0.4 is 9.62 Å². The number of carbonyl (C=O) groups excluding carboxylic acids is 2. The van der Waals surface area contributed by atoms with Crippen LogP contribution in [0.15, 0.2) is 114 Å². The average molecular weight is 648 g/mol. The van der Waals surface area contributed by atoms with E-state index in [4.69, 9.17) is 11.6 Å². The van der Waals surface area contributed by atoms with Crippen molar-refractivity contribution in [2.24, 2.45) is 0 Å². The molecule has 2 amide bonds. The van der Waals surface area contributed by atoms with Gasteiger partial charge in [-0.3, -0.25) is 13.9 Å². The molecular formula is C35H35ClFN3O4S. The molecule has 4 aromatic rings. The number of carbonyl (C=O) groups is 2. The first-order valence-corrected chi connectivity index (χ1v) is 16.7. The lowest BCUT2D eigenvalue weighted by Gasteiger charge is -2.34. The van der Waals surface area contributed by atoms with Gasteiger partial charge in [-0.15, -0.1) is 0 Å². The number of nitrogens with one attached hydrogen (secondary N) is 1. The number of rotatable bonds is 12. The molecule has 234 valence electrons. The van der Waals surface area contributed by atoms with Crippen molar-refractivity contribution < 1.29 is 22.4 Å². The van der Waals surface area contributed by atoms with Crippen LogP contribution in [0.1, 0.15) is 36.8 Å². The molecule has 0 saturated heterocycles. The summed E-state index contributed by atoms with van der Waals surface area (Å²) in [7, 11) is -4.22. The maximum atomic E-state index is 14.4. The van der Waals surface area contributed by atoms with E-state index in [1.807, 2.05) is 30.3 Å². The van der Waals surface area contributed by atoms with Crippen LogP contribution in [0.4, 0.5) is 10.1 Å². The lowest BCUT2D eigenvalue weighted by Crippen LogP contribution is -2.54. The fourth-order valence-corrected chi connectivity index (χ4v) is 7.10. The van der Waals surface area contributed by atoms with Gasteiger partial charge in [0.05, 0.1) is 10.6 Å². The summed E-state index contributed by atoms with van der Waals surface area (Å²) in [6, 6.07) is 28.2. The van der Waals surface area contributed by atoms with Crippen molar-refractivity contribution in [3.05, 3.63) is 131 Å². The van der Waals surface area contributed by atoms with E-state index in [0.29, 0.717) is 10.6 Å². The van der Waals surface area contributed by atoms with Crippen LogP contribution in [0.25, 0.3) is 0 Å². The molecule has 5 rings (SSSR count). The highest BCUT2D eigenvalue weighted by molar-refractivity contribution is 7.92. The Bertz CT molecular complexity index is 1680. The quantitative estimate of drug-likeness (QED) is 0.194. The molecule has 1 fully saturated rings. The summed E-state index contributed by atoms with van der Waals surface area (Å²) in [5.74, 6) is -1.32. The number of nitrogens with zero attached hydrogens (tertiary/aromatic N) is 2. The zero-order valence-electron chi connectivity index (χ0n) is 24.7. The summed E-state index contributed by atoms with van der Waals surface area (Å²) in [6.45, 7) is -0.601. The van der Waals surface area contributed by atoms with Crippen molar-refractivity contribution in [2.75, 3.05) is 10.8 Å². The van der Waals surface area contributed by atoms with Crippen molar-refractivity contribution in [2.45, 2.75) is 55.6 Å². The maximum Gasteiger partial charge on any atom is 0.264 e. The van der Waals surface area contributed by atoms with Crippen LogP contribution in [0, 0.1) is 5.82 Å². The second-order valence-electron chi connectivity index (χ2n) is 11.1.